The smallest absolute Gasteiger partial charge is 0.253 e. The van der Waals surface area contributed by atoms with Crippen LogP contribution >= 0.6 is 0 Å². The van der Waals surface area contributed by atoms with Gasteiger partial charge in [0.2, 0.25) is 5.92 Å². The fourth-order valence-electron chi connectivity index (χ4n) is 2.94. The number of carbonyl (C=O) groups excluding carboxylic acids is 1. The van der Waals surface area contributed by atoms with Crippen LogP contribution in [0.3, 0.4) is 0 Å². The van der Waals surface area contributed by atoms with Crippen LogP contribution in [0.4, 0.5) is 8.78 Å². The first-order valence-electron chi connectivity index (χ1n) is 8.11. The number of rotatable bonds is 3. The summed E-state index contributed by atoms with van der Waals surface area (Å²) in [4.78, 5) is 16.5. The summed E-state index contributed by atoms with van der Waals surface area (Å²) in [6, 6.07) is 10.6. The Morgan fingerprint density at radius 3 is 2.68 bits per heavy atom. The molecule has 1 fully saturated rings. The Labute approximate surface area is 144 Å². The van der Waals surface area contributed by atoms with Crippen LogP contribution in [0.1, 0.15) is 41.6 Å². The van der Waals surface area contributed by atoms with Gasteiger partial charge in [-0.15, -0.1) is 0 Å². The molecule has 25 heavy (non-hydrogen) atoms. The summed E-state index contributed by atoms with van der Waals surface area (Å²) in [5.41, 5.74) is 2.41. The standard InChI is InChI=1S/C19H17F2N3O/c20-19(21)6-4-17(5-7-19)24-18(25)16-9-15(11-23-12-16)14-3-1-2-13(8-14)10-22/h1-3,8-9,11-12,17H,4-7H2,(H,24,25). The molecule has 0 spiro atoms. The number of alkyl halides is 2. The average Bonchev–Trinajstić information content (AvgIpc) is 2.63. The fourth-order valence-corrected chi connectivity index (χ4v) is 2.94. The molecule has 2 aromatic rings. The number of hydrogen-bond acceptors (Lipinski definition) is 3. The van der Waals surface area contributed by atoms with E-state index < -0.39 is 5.92 Å². The highest BCUT2D eigenvalue weighted by Gasteiger charge is 2.35. The van der Waals surface area contributed by atoms with E-state index in [1.807, 2.05) is 6.07 Å². The van der Waals surface area contributed by atoms with Gasteiger partial charge < -0.3 is 5.32 Å². The number of nitrogens with zero attached hydrogens (tertiary/aromatic N) is 2. The van der Waals surface area contributed by atoms with Gasteiger partial charge in [0, 0.05) is 36.8 Å². The van der Waals surface area contributed by atoms with Crippen LogP contribution in [0.15, 0.2) is 42.7 Å². The van der Waals surface area contributed by atoms with Crippen LogP contribution < -0.4 is 5.32 Å². The summed E-state index contributed by atoms with van der Waals surface area (Å²) in [6.07, 6.45) is 3.22. The molecule has 1 saturated carbocycles. The molecule has 128 valence electrons. The number of aromatic nitrogens is 1. The van der Waals surface area contributed by atoms with Gasteiger partial charge in [-0.1, -0.05) is 12.1 Å². The number of nitriles is 1. The van der Waals surface area contributed by atoms with E-state index in [0.717, 1.165) is 11.1 Å². The van der Waals surface area contributed by atoms with Crippen molar-refractivity contribution in [2.24, 2.45) is 0 Å². The molecule has 1 aliphatic carbocycles. The van der Waals surface area contributed by atoms with Crippen molar-refractivity contribution >= 4 is 5.91 Å². The quantitative estimate of drug-likeness (QED) is 0.920. The first-order valence-corrected chi connectivity index (χ1v) is 8.11. The molecule has 0 atom stereocenters. The van der Waals surface area contributed by atoms with Crippen molar-refractivity contribution in [1.82, 2.24) is 10.3 Å². The van der Waals surface area contributed by atoms with Gasteiger partial charge in [0.05, 0.1) is 17.2 Å². The summed E-state index contributed by atoms with van der Waals surface area (Å²) in [6.45, 7) is 0. The monoisotopic (exact) mass is 341 g/mol. The van der Waals surface area contributed by atoms with Crippen molar-refractivity contribution in [3.8, 4) is 17.2 Å². The molecule has 0 saturated heterocycles. The second kappa shape index (κ2) is 6.98. The van der Waals surface area contributed by atoms with Crippen LogP contribution in [0.5, 0.6) is 0 Å². The maximum absolute atomic E-state index is 13.2. The Morgan fingerprint density at radius 1 is 1.20 bits per heavy atom. The second-order valence-corrected chi connectivity index (χ2v) is 6.26. The zero-order valence-electron chi connectivity index (χ0n) is 13.5. The van der Waals surface area contributed by atoms with E-state index in [1.54, 1.807) is 30.5 Å². The minimum absolute atomic E-state index is 0.197. The van der Waals surface area contributed by atoms with Crippen LogP contribution in [0, 0.1) is 11.3 Å². The van der Waals surface area contributed by atoms with E-state index in [2.05, 4.69) is 16.4 Å². The SMILES string of the molecule is N#Cc1cccc(-c2cncc(C(=O)NC3CCC(F)(F)CC3)c2)c1. The Balaban J connectivity index is 1.73. The molecule has 0 radical (unpaired) electrons. The topological polar surface area (TPSA) is 65.8 Å². The molecule has 0 unspecified atom stereocenters. The van der Waals surface area contributed by atoms with Gasteiger partial charge in [0.25, 0.3) is 5.91 Å². The Kier molecular flexibility index (Phi) is 4.75. The van der Waals surface area contributed by atoms with Crippen molar-refractivity contribution in [3.05, 3.63) is 53.9 Å². The molecule has 1 aromatic carbocycles. The van der Waals surface area contributed by atoms with Gasteiger partial charge in [0.1, 0.15) is 0 Å². The van der Waals surface area contributed by atoms with E-state index in [1.165, 1.54) is 6.20 Å². The molecular weight excluding hydrogens is 324 g/mol. The molecular formula is C19H17F2N3O. The third-order valence-corrected chi connectivity index (χ3v) is 4.38. The van der Waals surface area contributed by atoms with Gasteiger partial charge >= 0.3 is 0 Å². The molecule has 1 N–H and O–H groups in total. The number of benzene rings is 1. The maximum atomic E-state index is 13.2. The summed E-state index contributed by atoms with van der Waals surface area (Å²) in [5.74, 6) is -2.94. The minimum Gasteiger partial charge on any atom is -0.349 e. The summed E-state index contributed by atoms with van der Waals surface area (Å²) in [7, 11) is 0. The highest BCUT2D eigenvalue weighted by Crippen LogP contribution is 2.33. The fraction of sp³-hybridized carbons (Fsp3) is 0.316. The van der Waals surface area contributed by atoms with E-state index in [4.69, 9.17) is 5.26 Å². The summed E-state index contributed by atoms with van der Waals surface area (Å²) < 4.78 is 26.4. The predicted octanol–water partition coefficient (Wildman–Crippen LogP) is 3.93. The van der Waals surface area contributed by atoms with E-state index >= 15 is 0 Å². The minimum atomic E-state index is -2.62. The predicted molar refractivity (Wildman–Crippen MR) is 89.1 cm³/mol. The molecule has 6 heteroatoms. The first-order chi connectivity index (χ1) is 12.0. The highest BCUT2D eigenvalue weighted by molar-refractivity contribution is 5.95. The number of pyridine rings is 1. The van der Waals surface area contributed by atoms with E-state index in [0.29, 0.717) is 11.1 Å². The molecule has 1 heterocycles. The van der Waals surface area contributed by atoms with Gasteiger partial charge in [-0.05, 0) is 36.6 Å². The molecule has 1 amide bonds. The number of nitrogens with one attached hydrogen (secondary N) is 1. The number of carbonyl (C=O) groups is 1. The lowest BCUT2D eigenvalue weighted by Crippen LogP contribution is -2.40. The van der Waals surface area contributed by atoms with Crippen LogP contribution in [-0.2, 0) is 0 Å². The highest BCUT2D eigenvalue weighted by atomic mass is 19.3. The Morgan fingerprint density at radius 2 is 1.96 bits per heavy atom. The Hall–Kier alpha value is -2.81. The van der Waals surface area contributed by atoms with Crippen LogP contribution in [-0.4, -0.2) is 22.9 Å². The molecule has 1 aliphatic rings. The van der Waals surface area contributed by atoms with Crippen LogP contribution in [0.25, 0.3) is 11.1 Å². The van der Waals surface area contributed by atoms with Crippen molar-refractivity contribution in [1.29, 1.82) is 5.26 Å². The van der Waals surface area contributed by atoms with Gasteiger partial charge in [-0.2, -0.15) is 5.26 Å². The average molecular weight is 341 g/mol. The lowest BCUT2D eigenvalue weighted by atomic mass is 9.92. The van der Waals surface area contributed by atoms with Crippen molar-refractivity contribution in [2.45, 2.75) is 37.6 Å². The largest absolute Gasteiger partial charge is 0.349 e. The van der Waals surface area contributed by atoms with Crippen LogP contribution in [0.2, 0.25) is 0 Å². The zero-order chi connectivity index (χ0) is 17.9. The van der Waals surface area contributed by atoms with Crippen molar-refractivity contribution in [2.75, 3.05) is 0 Å². The molecule has 4 nitrogen and oxygen atoms in total. The number of hydrogen-bond donors (Lipinski definition) is 1. The van der Waals surface area contributed by atoms with Gasteiger partial charge in [0.15, 0.2) is 0 Å². The molecule has 0 bridgehead atoms. The molecule has 1 aromatic heterocycles. The third-order valence-electron chi connectivity index (χ3n) is 4.38. The lowest BCUT2D eigenvalue weighted by Gasteiger charge is -2.28. The van der Waals surface area contributed by atoms with Crippen molar-refractivity contribution in [3.63, 3.8) is 0 Å². The second-order valence-electron chi connectivity index (χ2n) is 6.26. The number of halogens is 2. The molecule has 3 rings (SSSR count). The third kappa shape index (κ3) is 4.18. The number of amides is 1. The molecule has 0 aliphatic heterocycles. The maximum Gasteiger partial charge on any atom is 0.253 e. The van der Waals surface area contributed by atoms with Gasteiger partial charge in [-0.3, -0.25) is 9.78 Å². The first kappa shape index (κ1) is 17.0. The van der Waals surface area contributed by atoms with E-state index in [9.17, 15) is 13.6 Å². The summed E-state index contributed by atoms with van der Waals surface area (Å²) in [5, 5.41) is 11.8. The van der Waals surface area contributed by atoms with E-state index in [-0.39, 0.29) is 37.6 Å². The van der Waals surface area contributed by atoms with Crippen molar-refractivity contribution < 1.29 is 13.6 Å². The normalized spacial score (nSPS) is 16.8. The lowest BCUT2D eigenvalue weighted by molar-refractivity contribution is -0.0399. The van der Waals surface area contributed by atoms with Gasteiger partial charge in [-0.25, -0.2) is 8.78 Å². The summed E-state index contributed by atoms with van der Waals surface area (Å²) >= 11 is 0. The zero-order valence-corrected chi connectivity index (χ0v) is 13.5. The Bertz CT molecular complexity index is 819.